The molecule has 4 aromatic rings. The van der Waals surface area contributed by atoms with Gasteiger partial charge in [0.2, 0.25) is 11.8 Å². The second kappa shape index (κ2) is 9.46. The van der Waals surface area contributed by atoms with E-state index in [1.807, 2.05) is 6.92 Å². The predicted molar refractivity (Wildman–Crippen MR) is 122 cm³/mol. The van der Waals surface area contributed by atoms with Gasteiger partial charge in [-0.05, 0) is 30.7 Å². The van der Waals surface area contributed by atoms with E-state index in [1.165, 1.54) is 4.68 Å². The molecule has 0 atom stereocenters. The highest BCUT2D eigenvalue weighted by Gasteiger charge is 2.17. The number of rotatable bonds is 8. The zero-order valence-corrected chi connectivity index (χ0v) is 18.5. The summed E-state index contributed by atoms with van der Waals surface area (Å²) < 4.78 is 12.3. The zero-order chi connectivity index (χ0) is 22.7. The standard InChI is InChI=1S/C21H19Cl2N5O4/c1-2-3-8-28-20(29)14-7-5-4-6-13(14)19(27-28)32-18-15(22)9-12(10-16(18)23)24-11-17-25-26-21(30)31-17/h4-7,9-10,24H,2-3,8,11H2,1H3,(H,26,30). The molecule has 0 aliphatic heterocycles. The number of ether oxygens (including phenoxy) is 1. The number of aryl methyl sites for hydroxylation is 1. The Kier molecular flexibility index (Phi) is 6.48. The molecule has 2 N–H and O–H groups in total. The highest BCUT2D eigenvalue weighted by Crippen LogP contribution is 2.39. The summed E-state index contributed by atoms with van der Waals surface area (Å²) in [5.41, 5.74) is 0.395. The Balaban J connectivity index is 1.65. The van der Waals surface area contributed by atoms with Gasteiger partial charge in [-0.1, -0.05) is 48.7 Å². The molecule has 2 heterocycles. The van der Waals surface area contributed by atoms with E-state index in [0.717, 1.165) is 12.8 Å². The minimum absolute atomic E-state index is 0.153. The molecule has 9 nitrogen and oxygen atoms in total. The van der Waals surface area contributed by atoms with Crippen LogP contribution in [0.1, 0.15) is 25.7 Å². The van der Waals surface area contributed by atoms with Crippen LogP contribution in [0.2, 0.25) is 10.0 Å². The van der Waals surface area contributed by atoms with E-state index in [2.05, 4.69) is 20.6 Å². The first-order chi connectivity index (χ1) is 15.5. The number of benzene rings is 2. The topological polar surface area (TPSA) is 115 Å². The summed E-state index contributed by atoms with van der Waals surface area (Å²) in [6.07, 6.45) is 1.73. The number of hydrogen-bond acceptors (Lipinski definition) is 7. The van der Waals surface area contributed by atoms with Crippen LogP contribution in [-0.2, 0) is 13.1 Å². The quantitative estimate of drug-likeness (QED) is 0.382. The van der Waals surface area contributed by atoms with E-state index in [9.17, 15) is 9.59 Å². The first kappa shape index (κ1) is 21.9. The van der Waals surface area contributed by atoms with E-state index in [1.54, 1.807) is 36.4 Å². The largest absolute Gasteiger partial charge is 0.434 e. The van der Waals surface area contributed by atoms with Gasteiger partial charge in [0.15, 0.2) is 5.75 Å². The van der Waals surface area contributed by atoms with Crippen molar-refractivity contribution in [3.8, 4) is 11.6 Å². The summed E-state index contributed by atoms with van der Waals surface area (Å²) >= 11 is 12.9. The fourth-order valence-corrected chi connectivity index (χ4v) is 3.67. The molecular formula is C21H19Cl2N5O4. The Hall–Kier alpha value is -3.30. The van der Waals surface area contributed by atoms with Crippen molar-refractivity contribution in [1.82, 2.24) is 20.0 Å². The predicted octanol–water partition coefficient (Wildman–Crippen LogP) is 4.58. The lowest BCUT2D eigenvalue weighted by atomic mass is 10.2. The van der Waals surface area contributed by atoms with Crippen molar-refractivity contribution in [2.24, 2.45) is 0 Å². The van der Waals surface area contributed by atoms with Crippen LogP contribution in [0.25, 0.3) is 10.8 Å². The second-order valence-electron chi connectivity index (χ2n) is 6.96. The lowest BCUT2D eigenvalue weighted by molar-refractivity contribution is 0.432. The van der Waals surface area contributed by atoms with Gasteiger partial charge in [-0.3, -0.25) is 4.79 Å². The fraction of sp³-hybridized carbons (Fsp3) is 0.238. The first-order valence-corrected chi connectivity index (χ1v) is 10.7. The maximum Gasteiger partial charge on any atom is 0.434 e. The molecule has 0 radical (unpaired) electrons. The van der Waals surface area contributed by atoms with Gasteiger partial charge >= 0.3 is 5.76 Å². The number of H-pyrrole nitrogens is 1. The Bertz CT molecular complexity index is 1360. The smallest absolute Gasteiger partial charge is 0.434 e. The maximum absolute atomic E-state index is 12.8. The molecule has 0 spiro atoms. The second-order valence-corrected chi connectivity index (χ2v) is 7.78. The fourth-order valence-electron chi connectivity index (χ4n) is 3.11. The summed E-state index contributed by atoms with van der Waals surface area (Å²) in [5, 5.41) is 14.9. The molecule has 4 rings (SSSR count). The lowest BCUT2D eigenvalue weighted by Gasteiger charge is -2.14. The van der Waals surface area contributed by atoms with Gasteiger partial charge in [0.1, 0.15) is 0 Å². The van der Waals surface area contributed by atoms with Crippen LogP contribution < -0.4 is 21.4 Å². The Morgan fingerprint density at radius 2 is 1.88 bits per heavy atom. The summed E-state index contributed by atoms with van der Waals surface area (Å²) in [6, 6.07) is 10.3. The molecule has 0 aliphatic rings. The van der Waals surface area contributed by atoms with Crippen LogP contribution in [-0.4, -0.2) is 20.0 Å². The van der Waals surface area contributed by atoms with Gasteiger partial charge in [-0.25, -0.2) is 14.6 Å². The van der Waals surface area contributed by atoms with Crippen molar-refractivity contribution in [2.75, 3.05) is 5.32 Å². The monoisotopic (exact) mass is 475 g/mol. The van der Waals surface area contributed by atoms with Crippen LogP contribution in [0, 0.1) is 0 Å². The van der Waals surface area contributed by atoms with E-state index in [-0.39, 0.29) is 39.7 Å². The Morgan fingerprint density at radius 3 is 2.53 bits per heavy atom. The molecule has 0 bridgehead atoms. The molecule has 166 valence electrons. The highest BCUT2D eigenvalue weighted by molar-refractivity contribution is 6.37. The van der Waals surface area contributed by atoms with Crippen molar-refractivity contribution in [3.63, 3.8) is 0 Å². The number of nitrogens with zero attached hydrogens (tertiary/aromatic N) is 3. The Morgan fingerprint density at radius 1 is 1.16 bits per heavy atom. The molecular weight excluding hydrogens is 457 g/mol. The molecule has 0 unspecified atom stereocenters. The van der Waals surface area contributed by atoms with E-state index in [4.69, 9.17) is 32.4 Å². The van der Waals surface area contributed by atoms with Gasteiger partial charge < -0.3 is 14.5 Å². The maximum atomic E-state index is 12.8. The summed E-state index contributed by atoms with van der Waals surface area (Å²) in [4.78, 5) is 23.8. The first-order valence-electron chi connectivity index (χ1n) is 9.91. The van der Waals surface area contributed by atoms with Crippen LogP contribution in [0.15, 0.2) is 50.4 Å². The van der Waals surface area contributed by atoms with Gasteiger partial charge in [0, 0.05) is 12.2 Å². The lowest BCUT2D eigenvalue weighted by Crippen LogP contribution is -2.23. The van der Waals surface area contributed by atoms with Crippen molar-refractivity contribution in [1.29, 1.82) is 0 Å². The molecule has 0 fully saturated rings. The van der Waals surface area contributed by atoms with E-state index in [0.29, 0.717) is 23.0 Å². The molecule has 0 amide bonds. The van der Waals surface area contributed by atoms with Gasteiger partial charge in [-0.15, -0.1) is 10.2 Å². The number of anilines is 1. The number of nitrogens with one attached hydrogen (secondary N) is 2. The number of fused-ring (bicyclic) bond motifs is 1. The zero-order valence-electron chi connectivity index (χ0n) is 17.0. The van der Waals surface area contributed by atoms with Gasteiger partial charge in [-0.2, -0.15) is 0 Å². The number of aromatic nitrogens is 4. The van der Waals surface area contributed by atoms with Crippen molar-refractivity contribution in [2.45, 2.75) is 32.9 Å². The summed E-state index contributed by atoms with van der Waals surface area (Å²) in [5.74, 6) is -0.00294. The third-order valence-corrected chi connectivity index (χ3v) is 5.24. The minimum Gasteiger partial charge on any atom is -0.434 e. The number of hydrogen-bond donors (Lipinski definition) is 2. The van der Waals surface area contributed by atoms with E-state index >= 15 is 0 Å². The summed E-state index contributed by atoms with van der Waals surface area (Å²) in [7, 11) is 0. The third kappa shape index (κ3) is 4.63. The van der Waals surface area contributed by atoms with Gasteiger partial charge in [0.25, 0.3) is 5.56 Å². The van der Waals surface area contributed by atoms with Crippen molar-refractivity contribution in [3.05, 3.63) is 73.2 Å². The molecule has 2 aromatic carbocycles. The van der Waals surface area contributed by atoms with Crippen LogP contribution in [0.3, 0.4) is 0 Å². The number of unbranched alkanes of at least 4 members (excludes halogenated alkanes) is 1. The summed E-state index contributed by atoms with van der Waals surface area (Å²) in [6.45, 7) is 2.67. The average Bonchev–Trinajstić information content (AvgIpc) is 3.20. The van der Waals surface area contributed by atoms with Crippen LogP contribution >= 0.6 is 23.2 Å². The number of aromatic amines is 1. The average molecular weight is 476 g/mol. The number of halogens is 2. The molecule has 0 aliphatic carbocycles. The van der Waals surface area contributed by atoms with Crippen molar-refractivity contribution < 1.29 is 9.15 Å². The highest BCUT2D eigenvalue weighted by atomic mass is 35.5. The molecule has 2 aromatic heterocycles. The molecule has 0 saturated heterocycles. The van der Waals surface area contributed by atoms with Crippen LogP contribution in [0.5, 0.6) is 11.6 Å². The molecule has 32 heavy (non-hydrogen) atoms. The van der Waals surface area contributed by atoms with Crippen molar-refractivity contribution >= 4 is 39.7 Å². The molecule has 0 saturated carbocycles. The molecule has 11 heteroatoms. The SMILES string of the molecule is CCCCn1nc(Oc2c(Cl)cc(NCc3n[nH]c(=O)o3)cc2Cl)c2ccccc2c1=O. The van der Waals surface area contributed by atoms with Gasteiger partial charge in [0.05, 0.1) is 27.4 Å². The van der Waals surface area contributed by atoms with Crippen LogP contribution in [0.4, 0.5) is 5.69 Å². The third-order valence-electron chi connectivity index (χ3n) is 4.68. The van der Waals surface area contributed by atoms with E-state index < -0.39 is 5.76 Å². The normalized spacial score (nSPS) is 11.1. The minimum atomic E-state index is -0.637. The Labute approximate surface area is 191 Å².